The van der Waals surface area contributed by atoms with Crippen LogP contribution in [0, 0.1) is 0 Å². The number of likely N-dealkylation sites (N-methyl/N-ethyl adjacent to an activating group) is 1. The first-order chi connectivity index (χ1) is 8.16. The average Bonchev–Trinajstić information content (AvgIpc) is 2.62. The Kier molecular flexibility index (Phi) is 6.56. The van der Waals surface area contributed by atoms with Crippen molar-refractivity contribution in [3.63, 3.8) is 0 Å². The van der Waals surface area contributed by atoms with Crippen LogP contribution in [-0.4, -0.2) is 48.4 Å². The van der Waals surface area contributed by atoms with Crippen molar-refractivity contribution in [2.24, 2.45) is 0 Å². The number of carbonyl (C=O) groups is 1. The summed E-state index contributed by atoms with van der Waals surface area (Å²) in [5.74, 6) is 0.325. The normalized spacial score (nSPS) is 19.2. The van der Waals surface area contributed by atoms with Gasteiger partial charge in [-0.05, 0) is 39.8 Å². The van der Waals surface area contributed by atoms with Crippen molar-refractivity contribution < 1.29 is 4.79 Å². The van der Waals surface area contributed by atoms with E-state index in [1.807, 2.05) is 6.92 Å². The molecule has 1 unspecified atom stereocenters. The van der Waals surface area contributed by atoms with Gasteiger partial charge < -0.3 is 4.90 Å². The van der Waals surface area contributed by atoms with Crippen molar-refractivity contribution in [2.75, 3.05) is 26.7 Å². The van der Waals surface area contributed by atoms with Crippen LogP contribution in [0.4, 0.5) is 0 Å². The fourth-order valence-electron chi connectivity index (χ4n) is 2.34. The molecule has 1 fully saturated rings. The number of hydrogen-bond acceptors (Lipinski definition) is 2. The molecule has 0 aromatic heterocycles. The lowest BCUT2D eigenvalue weighted by Crippen LogP contribution is -2.46. The summed E-state index contributed by atoms with van der Waals surface area (Å²) < 4.78 is 0. The molecule has 1 saturated heterocycles. The Balaban J connectivity index is 2.43. The fraction of sp³-hybridized carbons (Fsp3) is 0.929. The van der Waals surface area contributed by atoms with Gasteiger partial charge in [0, 0.05) is 13.1 Å². The molecule has 1 rings (SSSR count). The van der Waals surface area contributed by atoms with Crippen molar-refractivity contribution in [2.45, 2.75) is 58.4 Å². The molecule has 0 radical (unpaired) electrons. The molecule has 0 N–H and O–H groups in total. The summed E-state index contributed by atoms with van der Waals surface area (Å²) in [5.41, 5.74) is 0. The zero-order chi connectivity index (χ0) is 12.7. The maximum atomic E-state index is 12.3. The minimum atomic E-state index is 0.0413. The lowest BCUT2D eigenvalue weighted by Gasteiger charge is -2.29. The van der Waals surface area contributed by atoms with E-state index in [0.29, 0.717) is 5.91 Å². The van der Waals surface area contributed by atoms with Gasteiger partial charge in [0.05, 0.1) is 6.04 Å². The summed E-state index contributed by atoms with van der Waals surface area (Å²) >= 11 is 0. The van der Waals surface area contributed by atoms with Crippen LogP contribution in [0.2, 0.25) is 0 Å². The van der Waals surface area contributed by atoms with Gasteiger partial charge in [0.1, 0.15) is 0 Å². The number of amides is 1. The monoisotopic (exact) mass is 240 g/mol. The molecular formula is C14H28N2O. The summed E-state index contributed by atoms with van der Waals surface area (Å²) in [6.45, 7) is 7.19. The smallest absolute Gasteiger partial charge is 0.239 e. The van der Waals surface area contributed by atoms with Gasteiger partial charge in [-0.25, -0.2) is 0 Å². The molecule has 0 aromatic carbocycles. The molecule has 1 aliphatic rings. The molecular weight excluding hydrogens is 212 g/mol. The Bertz CT molecular complexity index is 222. The number of hydrogen-bond donors (Lipinski definition) is 0. The van der Waals surface area contributed by atoms with E-state index in [1.54, 1.807) is 0 Å². The van der Waals surface area contributed by atoms with Gasteiger partial charge in [0.15, 0.2) is 0 Å². The third kappa shape index (κ3) is 4.66. The molecule has 0 saturated carbocycles. The second-order valence-electron chi connectivity index (χ2n) is 5.25. The second kappa shape index (κ2) is 7.70. The number of rotatable bonds is 5. The highest BCUT2D eigenvalue weighted by Gasteiger charge is 2.23. The van der Waals surface area contributed by atoms with Crippen LogP contribution in [0.3, 0.4) is 0 Å². The van der Waals surface area contributed by atoms with Crippen molar-refractivity contribution >= 4 is 5.91 Å². The predicted octanol–water partition coefficient (Wildman–Crippen LogP) is 2.51. The van der Waals surface area contributed by atoms with Crippen LogP contribution in [0.25, 0.3) is 0 Å². The van der Waals surface area contributed by atoms with Crippen molar-refractivity contribution in [3.8, 4) is 0 Å². The van der Waals surface area contributed by atoms with E-state index in [-0.39, 0.29) is 6.04 Å². The van der Waals surface area contributed by atoms with Crippen LogP contribution in [-0.2, 0) is 4.79 Å². The maximum Gasteiger partial charge on any atom is 0.239 e. The Morgan fingerprint density at radius 1 is 1.24 bits per heavy atom. The van der Waals surface area contributed by atoms with Crippen molar-refractivity contribution in [1.29, 1.82) is 0 Å². The second-order valence-corrected chi connectivity index (χ2v) is 5.25. The first-order valence-electron chi connectivity index (χ1n) is 7.15. The number of nitrogens with zero attached hydrogens (tertiary/aromatic N) is 2. The first-order valence-corrected chi connectivity index (χ1v) is 7.15. The molecule has 17 heavy (non-hydrogen) atoms. The summed E-state index contributed by atoms with van der Waals surface area (Å²) in [6, 6.07) is 0.0413. The number of likely N-dealkylation sites (tertiary alicyclic amines) is 1. The topological polar surface area (TPSA) is 23.6 Å². The molecule has 1 amide bonds. The molecule has 1 heterocycles. The molecule has 0 aromatic rings. The van der Waals surface area contributed by atoms with E-state index in [4.69, 9.17) is 0 Å². The minimum Gasteiger partial charge on any atom is -0.341 e. The van der Waals surface area contributed by atoms with E-state index in [9.17, 15) is 4.79 Å². The molecule has 0 bridgehead atoms. The van der Waals surface area contributed by atoms with E-state index >= 15 is 0 Å². The quantitative estimate of drug-likeness (QED) is 0.737. The van der Waals surface area contributed by atoms with Crippen molar-refractivity contribution in [1.82, 2.24) is 9.80 Å². The van der Waals surface area contributed by atoms with Crippen LogP contribution in [0.5, 0.6) is 0 Å². The molecule has 0 aliphatic carbocycles. The highest BCUT2D eigenvalue weighted by molar-refractivity contribution is 5.81. The van der Waals surface area contributed by atoms with Gasteiger partial charge in [-0.1, -0.05) is 26.2 Å². The fourth-order valence-corrected chi connectivity index (χ4v) is 2.34. The Morgan fingerprint density at radius 3 is 2.35 bits per heavy atom. The number of unbranched alkanes of at least 4 members (excludes halogenated alkanes) is 1. The zero-order valence-corrected chi connectivity index (χ0v) is 11.7. The SMILES string of the molecule is CCCCN(C)C(C)C(=O)N1CCCCCC1. The Morgan fingerprint density at radius 2 is 1.82 bits per heavy atom. The zero-order valence-electron chi connectivity index (χ0n) is 11.7. The van der Waals surface area contributed by atoms with Crippen LogP contribution in [0.1, 0.15) is 52.4 Å². The Labute approximate surface area is 106 Å². The summed E-state index contributed by atoms with van der Waals surface area (Å²) in [4.78, 5) is 16.6. The van der Waals surface area contributed by atoms with E-state index < -0.39 is 0 Å². The summed E-state index contributed by atoms with van der Waals surface area (Å²) in [7, 11) is 2.07. The Hall–Kier alpha value is -0.570. The number of carbonyl (C=O) groups excluding carboxylic acids is 1. The molecule has 0 spiro atoms. The molecule has 3 heteroatoms. The van der Waals surface area contributed by atoms with Gasteiger partial charge in [0.25, 0.3) is 0 Å². The standard InChI is InChI=1S/C14H28N2O/c1-4-5-10-15(3)13(2)14(17)16-11-8-6-7-9-12-16/h13H,4-12H2,1-3H3. The van der Waals surface area contributed by atoms with E-state index in [0.717, 1.165) is 19.6 Å². The minimum absolute atomic E-state index is 0.0413. The highest BCUT2D eigenvalue weighted by atomic mass is 16.2. The summed E-state index contributed by atoms with van der Waals surface area (Å²) in [5, 5.41) is 0. The van der Waals surface area contributed by atoms with E-state index in [2.05, 4.69) is 23.8 Å². The van der Waals surface area contributed by atoms with Crippen LogP contribution in [0.15, 0.2) is 0 Å². The average molecular weight is 240 g/mol. The third-order valence-electron chi connectivity index (χ3n) is 3.80. The maximum absolute atomic E-state index is 12.3. The van der Waals surface area contributed by atoms with Gasteiger partial charge in [-0.15, -0.1) is 0 Å². The molecule has 3 nitrogen and oxygen atoms in total. The molecule has 1 atom stereocenters. The molecule has 1 aliphatic heterocycles. The van der Waals surface area contributed by atoms with Crippen LogP contribution >= 0.6 is 0 Å². The van der Waals surface area contributed by atoms with Gasteiger partial charge in [-0.2, -0.15) is 0 Å². The van der Waals surface area contributed by atoms with Crippen LogP contribution < -0.4 is 0 Å². The first kappa shape index (κ1) is 14.5. The third-order valence-corrected chi connectivity index (χ3v) is 3.80. The lowest BCUT2D eigenvalue weighted by molar-refractivity contribution is -0.135. The highest BCUT2D eigenvalue weighted by Crippen LogP contribution is 2.12. The van der Waals surface area contributed by atoms with Gasteiger partial charge >= 0.3 is 0 Å². The molecule has 100 valence electrons. The largest absolute Gasteiger partial charge is 0.341 e. The van der Waals surface area contributed by atoms with Crippen molar-refractivity contribution in [3.05, 3.63) is 0 Å². The lowest BCUT2D eigenvalue weighted by atomic mass is 10.2. The summed E-state index contributed by atoms with van der Waals surface area (Å²) in [6.07, 6.45) is 7.28. The van der Waals surface area contributed by atoms with E-state index in [1.165, 1.54) is 38.5 Å². The van der Waals surface area contributed by atoms with Gasteiger partial charge in [-0.3, -0.25) is 9.69 Å². The van der Waals surface area contributed by atoms with Gasteiger partial charge in [0.2, 0.25) is 5.91 Å². The predicted molar refractivity (Wildman–Crippen MR) is 72.0 cm³/mol.